The van der Waals surface area contributed by atoms with Crippen LogP contribution in [0.4, 0.5) is 0 Å². The van der Waals surface area contributed by atoms with Crippen molar-refractivity contribution < 1.29 is 5.11 Å². The SMILES string of the molecule is CCNC(=NCC(O)c1ccc(Cl)cc1)N1CCC(N(CC)CC)C1.I. The van der Waals surface area contributed by atoms with Gasteiger partial charge in [0.05, 0.1) is 12.6 Å². The quantitative estimate of drug-likeness (QED) is 0.347. The number of aliphatic imine (C=N–C) groups is 1. The molecule has 1 aromatic carbocycles. The minimum absolute atomic E-state index is 0. The number of aliphatic hydroxyl groups excluding tert-OH is 1. The van der Waals surface area contributed by atoms with Crippen LogP contribution in [-0.4, -0.2) is 66.2 Å². The van der Waals surface area contributed by atoms with Gasteiger partial charge in [0.25, 0.3) is 0 Å². The Hall–Kier alpha value is -0.570. The second-order valence-electron chi connectivity index (χ2n) is 6.37. The standard InChI is InChI=1S/C19H31ClN4O.HI/c1-4-21-19(24-12-11-17(14-24)23(5-2)6-3)22-13-18(25)15-7-9-16(20)10-8-15;/h7-10,17-18,25H,4-6,11-14H2,1-3H3,(H,21,22);1H. The smallest absolute Gasteiger partial charge is 0.194 e. The summed E-state index contributed by atoms with van der Waals surface area (Å²) < 4.78 is 0. The van der Waals surface area contributed by atoms with Crippen molar-refractivity contribution in [2.24, 2.45) is 4.99 Å². The second kappa shape index (κ2) is 12.0. The Kier molecular flexibility index (Phi) is 10.8. The van der Waals surface area contributed by atoms with E-state index < -0.39 is 6.10 Å². The molecule has 0 radical (unpaired) electrons. The molecule has 1 aromatic rings. The Balaban J connectivity index is 0.00000338. The van der Waals surface area contributed by atoms with Crippen molar-refractivity contribution in [2.45, 2.75) is 39.3 Å². The van der Waals surface area contributed by atoms with E-state index in [0.717, 1.165) is 50.7 Å². The van der Waals surface area contributed by atoms with Gasteiger partial charge < -0.3 is 15.3 Å². The highest BCUT2D eigenvalue weighted by Crippen LogP contribution is 2.18. The first-order valence-corrected chi connectivity index (χ1v) is 9.67. The molecule has 1 heterocycles. The highest BCUT2D eigenvalue weighted by Gasteiger charge is 2.28. The zero-order valence-electron chi connectivity index (χ0n) is 16.0. The molecule has 2 atom stereocenters. The highest BCUT2D eigenvalue weighted by atomic mass is 127. The second-order valence-corrected chi connectivity index (χ2v) is 6.81. The monoisotopic (exact) mass is 494 g/mol. The molecule has 148 valence electrons. The molecule has 1 aliphatic heterocycles. The molecule has 1 saturated heterocycles. The van der Waals surface area contributed by atoms with Gasteiger partial charge in [0.1, 0.15) is 0 Å². The van der Waals surface area contributed by atoms with Crippen LogP contribution in [0, 0.1) is 0 Å². The van der Waals surface area contributed by atoms with Gasteiger partial charge >= 0.3 is 0 Å². The van der Waals surface area contributed by atoms with Gasteiger partial charge in [-0.1, -0.05) is 37.6 Å². The molecule has 0 spiro atoms. The number of hydrogen-bond acceptors (Lipinski definition) is 3. The van der Waals surface area contributed by atoms with Crippen LogP contribution >= 0.6 is 35.6 Å². The lowest BCUT2D eigenvalue weighted by Crippen LogP contribution is -2.43. The number of likely N-dealkylation sites (tertiary alicyclic amines) is 1. The minimum atomic E-state index is -0.618. The van der Waals surface area contributed by atoms with Gasteiger partial charge in [-0.2, -0.15) is 0 Å². The van der Waals surface area contributed by atoms with Gasteiger partial charge in [-0.05, 0) is 44.1 Å². The summed E-state index contributed by atoms with van der Waals surface area (Å²) in [6.45, 7) is 11.8. The van der Waals surface area contributed by atoms with E-state index >= 15 is 0 Å². The minimum Gasteiger partial charge on any atom is -0.386 e. The van der Waals surface area contributed by atoms with E-state index in [1.54, 1.807) is 12.1 Å². The third-order valence-corrected chi connectivity index (χ3v) is 5.05. The van der Waals surface area contributed by atoms with E-state index in [9.17, 15) is 5.11 Å². The lowest BCUT2D eigenvalue weighted by atomic mass is 10.1. The average molecular weight is 495 g/mol. The first-order chi connectivity index (χ1) is 12.1. The summed E-state index contributed by atoms with van der Waals surface area (Å²) in [5, 5.41) is 14.4. The fraction of sp³-hybridized carbons (Fsp3) is 0.632. The van der Waals surface area contributed by atoms with Gasteiger partial charge in [0.2, 0.25) is 0 Å². The maximum atomic E-state index is 10.4. The molecule has 0 aromatic heterocycles. The number of aliphatic hydroxyl groups is 1. The van der Waals surface area contributed by atoms with Gasteiger partial charge in [-0.3, -0.25) is 9.89 Å². The van der Waals surface area contributed by atoms with E-state index in [4.69, 9.17) is 11.6 Å². The molecule has 0 bridgehead atoms. The molecule has 0 aliphatic carbocycles. The van der Waals surface area contributed by atoms with E-state index in [2.05, 4.69) is 40.9 Å². The molecule has 1 aliphatic rings. The Labute approximate surface area is 179 Å². The number of guanidine groups is 1. The van der Waals surface area contributed by atoms with Crippen LogP contribution in [0.5, 0.6) is 0 Å². The van der Waals surface area contributed by atoms with Crippen molar-refractivity contribution in [1.29, 1.82) is 0 Å². The van der Waals surface area contributed by atoms with Gasteiger partial charge in [-0.25, -0.2) is 0 Å². The number of likely N-dealkylation sites (N-methyl/N-ethyl adjacent to an activating group) is 1. The molecular weight excluding hydrogens is 463 g/mol. The van der Waals surface area contributed by atoms with Crippen molar-refractivity contribution in [2.75, 3.05) is 39.3 Å². The van der Waals surface area contributed by atoms with E-state index in [1.807, 2.05) is 12.1 Å². The number of rotatable bonds is 7. The molecule has 2 N–H and O–H groups in total. The average Bonchev–Trinajstić information content (AvgIpc) is 3.09. The zero-order valence-corrected chi connectivity index (χ0v) is 19.1. The van der Waals surface area contributed by atoms with Crippen molar-refractivity contribution in [3.05, 3.63) is 34.9 Å². The summed E-state index contributed by atoms with van der Waals surface area (Å²) in [5.74, 6) is 0.894. The third kappa shape index (κ3) is 6.55. The van der Waals surface area contributed by atoms with E-state index in [0.29, 0.717) is 17.6 Å². The highest BCUT2D eigenvalue weighted by molar-refractivity contribution is 14.0. The maximum Gasteiger partial charge on any atom is 0.194 e. The first kappa shape index (κ1) is 23.5. The lowest BCUT2D eigenvalue weighted by Gasteiger charge is -2.27. The molecule has 2 unspecified atom stereocenters. The van der Waals surface area contributed by atoms with E-state index in [1.165, 1.54) is 0 Å². The fourth-order valence-corrected chi connectivity index (χ4v) is 3.49. The van der Waals surface area contributed by atoms with Crippen LogP contribution < -0.4 is 5.32 Å². The molecule has 1 fully saturated rings. The number of nitrogens with one attached hydrogen (secondary N) is 1. The number of benzene rings is 1. The van der Waals surface area contributed by atoms with Crippen LogP contribution in [-0.2, 0) is 0 Å². The van der Waals surface area contributed by atoms with Crippen LogP contribution in [0.25, 0.3) is 0 Å². The topological polar surface area (TPSA) is 51.1 Å². The number of halogens is 2. The molecule has 0 amide bonds. The fourth-order valence-electron chi connectivity index (χ4n) is 3.36. The Morgan fingerprint density at radius 3 is 2.54 bits per heavy atom. The summed E-state index contributed by atoms with van der Waals surface area (Å²) in [4.78, 5) is 9.48. The van der Waals surface area contributed by atoms with Crippen molar-refractivity contribution in [3.63, 3.8) is 0 Å². The summed E-state index contributed by atoms with van der Waals surface area (Å²) in [5.41, 5.74) is 0.839. The predicted octanol–water partition coefficient (Wildman–Crippen LogP) is 3.37. The van der Waals surface area contributed by atoms with Gasteiger partial charge in [0.15, 0.2) is 5.96 Å². The summed E-state index contributed by atoms with van der Waals surface area (Å²) >= 11 is 5.90. The van der Waals surface area contributed by atoms with Crippen molar-refractivity contribution >= 4 is 41.5 Å². The lowest BCUT2D eigenvalue weighted by molar-refractivity contribution is 0.186. The summed E-state index contributed by atoms with van der Waals surface area (Å²) in [7, 11) is 0. The van der Waals surface area contributed by atoms with Crippen LogP contribution in [0.3, 0.4) is 0 Å². The van der Waals surface area contributed by atoms with Gasteiger partial charge in [0, 0.05) is 30.7 Å². The van der Waals surface area contributed by atoms with Crippen LogP contribution in [0.2, 0.25) is 5.02 Å². The van der Waals surface area contributed by atoms with Crippen molar-refractivity contribution in [1.82, 2.24) is 15.1 Å². The third-order valence-electron chi connectivity index (χ3n) is 4.80. The zero-order chi connectivity index (χ0) is 18.2. The molecular formula is C19H32ClIN4O. The summed E-state index contributed by atoms with van der Waals surface area (Å²) in [6, 6.07) is 7.87. The van der Waals surface area contributed by atoms with Crippen LogP contribution in [0.1, 0.15) is 38.9 Å². The molecule has 5 nitrogen and oxygen atoms in total. The Morgan fingerprint density at radius 2 is 1.96 bits per heavy atom. The largest absolute Gasteiger partial charge is 0.386 e. The first-order valence-electron chi connectivity index (χ1n) is 9.29. The predicted molar refractivity (Wildman–Crippen MR) is 121 cm³/mol. The molecule has 26 heavy (non-hydrogen) atoms. The Morgan fingerprint density at radius 1 is 1.31 bits per heavy atom. The molecule has 0 saturated carbocycles. The number of hydrogen-bond donors (Lipinski definition) is 2. The van der Waals surface area contributed by atoms with Crippen molar-refractivity contribution in [3.8, 4) is 0 Å². The number of nitrogens with zero attached hydrogens (tertiary/aromatic N) is 3. The van der Waals surface area contributed by atoms with Crippen LogP contribution in [0.15, 0.2) is 29.3 Å². The normalized spacial score (nSPS) is 18.8. The van der Waals surface area contributed by atoms with E-state index in [-0.39, 0.29) is 24.0 Å². The summed E-state index contributed by atoms with van der Waals surface area (Å²) in [6.07, 6.45) is 0.540. The van der Waals surface area contributed by atoms with Gasteiger partial charge in [-0.15, -0.1) is 24.0 Å². The molecule has 2 rings (SSSR count). The Bertz CT molecular complexity index is 551. The maximum absolute atomic E-state index is 10.4. The molecule has 7 heteroatoms.